The predicted octanol–water partition coefficient (Wildman–Crippen LogP) is 3.86. The third-order valence-electron chi connectivity index (χ3n) is 5.91. The van der Waals surface area contributed by atoms with Crippen molar-refractivity contribution in [1.82, 2.24) is 14.9 Å². The number of pyridine rings is 2. The van der Waals surface area contributed by atoms with Crippen LogP contribution >= 0.6 is 0 Å². The second kappa shape index (κ2) is 7.33. The molecule has 0 aliphatic carbocycles. The Morgan fingerprint density at radius 3 is 2.78 bits per heavy atom. The van der Waals surface area contributed by atoms with Gasteiger partial charge in [0.25, 0.3) is 5.91 Å². The van der Waals surface area contributed by atoms with Gasteiger partial charge in [0.15, 0.2) is 0 Å². The molecule has 0 unspecified atom stereocenters. The Hall–Kier alpha value is -3.40. The minimum Gasteiger partial charge on any atom is -0.491 e. The molecule has 166 valence electrons. The second-order valence-electron chi connectivity index (χ2n) is 7.70. The Morgan fingerprint density at radius 2 is 2.03 bits per heavy atom. The molecule has 3 aromatic rings. The molecule has 2 aliphatic rings. The van der Waals surface area contributed by atoms with Crippen molar-refractivity contribution in [2.24, 2.45) is 0 Å². The zero-order valence-electron chi connectivity index (χ0n) is 17.1. The summed E-state index contributed by atoms with van der Waals surface area (Å²) in [5.74, 6) is 0.177. The lowest BCUT2D eigenvalue weighted by Crippen LogP contribution is -2.36. The molecule has 1 amide bonds. The van der Waals surface area contributed by atoms with Crippen molar-refractivity contribution in [3.05, 3.63) is 58.4 Å². The summed E-state index contributed by atoms with van der Waals surface area (Å²) >= 11 is 0. The number of amides is 1. The number of benzene rings is 1. The Labute approximate surface area is 181 Å². The molecule has 0 spiro atoms. The van der Waals surface area contributed by atoms with Gasteiger partial charge in [-0.25, -0.2) is 9.97 Å². The summed E-state index contributed by atoms with van der Waals surface area (Å²) in [6.07, 6.45) is -2.97. The zero-order valence-corrected chi connectivity index (χ0v) is 17.1. The van der Waals surface area contributed by atoms with Gasteiger partial charge in [0.05, 0.1) is 36.5 Å². The third-order valence-corrected chi connectivity index (χ3v) is 5.91. The van der Waals surface area contributed by atoms with Gasteiger partial charge in [-0.2, -0.15) is 13.2 Å². The summed E-state index contributed by atoms with van der Waals surface area (Å²) in [6.45, 7) is 2.94. The molecule has 4 heterocycles. The Bertz CT molecular complexity index is 1250. The largest absolute Gasteiger partial charge is 0.491 e. The summed E-state index contributed by atoms with van der Waals surface area (Å²) < 4.78 is 50.1. The summed E-state index contributed by atoms with van der Waals surface area (Å²) in [4.78, 5) is 23.5. The highest BCUT2D eigenvalue weighted by molar-refractivity contribution is 5.97. The topological polar surface area (TPSA) is 90.6 Å². The minimum absolute atomic E-state index is 0.0745. The van der Waals surface area contributed by atoms with Crippen molar-refractivity contribution >= 4 is 22.6 Å². The van der Waals surface area contributed by atoms with E-state index in [1.165, 1.54) is 12.3 Å². The molecule has 2 aliphatic heterocycles. The number of nitrogen functional groups attached to an aromatic ring is 1. The Balaban J connectivity index is 1.49. The van der Waals surface area contributed by atoms with Crippen LogP contribution in [0.3, 0.4) is 0 Å². The van der Waals surface area contributed by atoms with Crippen LogP contribution in [0.4, 0.5) is 19.0 Å². The highest BCUT2D eigenvalue weighted by Gasteiger charge is 2.37. The number of nitrogens with zero attached hydrogens (tertiary/aromatic N) is 3. The normalized spacial score (nSPS) is 17.2. The Morgan fingerprint density at radius 1 is 1.25 bits per heavy atom. The van der Waals surface area contributed by atoms with Gasteiger partial charge in [-0.15, -0.1) is 0 Å². The maximum atomic E-state index is 13.4. The third kappa shape index (κ3) is 3.22. The standard InChI is InChI=1S/C22H19F3N4O3/c1-2-29(18-10-32-19-5-11(22(23,24)25)3-4-12(18)19)21(30)16-6-13-14-8-31-9-15(14)20(26)28-17(13)7-27-16/h3-7,18H,2,8-10H2,1H3,(H2,26,28)/t18-/m1/s1. The average molecular weight is 444 g/mol. The van der Waals surface area contributed by atoms with Crippen molar-refractivity contribution in [3.8, 4) is 5.75 Å². The number of fused-ring (bicyclic) bond motifs is 4. The molecule has 32 heavy (non-hydrogen) atoms. The maximum absolute atomic E-state index is 13.4. The first-order valence-corrected chi connectivity index (χ1v) is 10.1. The highest BCUT2D eigenvalue weighted by atomic mass is 19.4. The number of aromatic nitrogens is 2. The predicted molar refractivity (Wildman–Crippen MR) is 109 cm³/mol. The first kappa shape index (κ1) is 20.5. The van der Waals surface area contributed by atoms with Gasteiger partial charge in [0.2, 0.25) is 0 Å². The van der Waals surface area contributed by atoms with Crippen LogP contribution in [-0.4, -0.2) is 33.9 Å². The number of alkyl halides is 3. The van der Waals surface area contributed by atoms with Crippen molar-refractivity contribution in [2.75, 3.05) is 18.9 Å². The minimum atomic E-state index is -4.47. The first-order chi connectivity index (χ1) is 15.3. The van der Waals surface area contributed by atoms with Crippen LogP contribution in [0.25, 0.3) is 10.9 Å². The van der Waals surface area contributed by atoms with Crippen LogP contribution in [-0.2, 0) is 24.1 Å². The van der Waals surface area contributed by atoms with E-state index >= 15 is 0 Å². The van der Waals surface area contributed by atoms with E-state index in [0.717, 1.165) is 28.6 Å². The van der Waals surface area contributed by atoms with Crippen LogP contribution in [0.1, 0.15) is 45.7 Å². The molecule has 0 saturated carbocycles. The lowest BCUT2D eigenvalue weighted by molar-refractivity contribution is -0.137. The molecule has 0 fully saturated rings. The fourth-order valence-electron chi connectivity index (χ4n) is 4.27. The molecular weight excluding hydrogens is 425 g/mol. The van der Waals surface area contributed by atoms with Gasteiger partial charge in [-0.3, -0.25) is 4.79 Å². The van der Waals surface area contributed by atoms with E-state index < -0.39 is 17.8 Å². The molecule has 1 atom stereocenters. The number of nitrogens with two attached hydrogens (primary N) is 1. The molecule has 0 radical (unpaired) electrons. The zero-order chi connectivity index (χ0) is 22.6. The molecule has 5 rings (SSSR count). The highest BCUT2D eigenvalue weighted by Crippen LogP contribution is 2.41. The molecule has 7 nitrogen and oxygen atoms in total. The number of carbonyl (C=O) groups excluding carboxylic acids is 1. The van der Waals surface area contributed by atoms with Crippen molar-refractivity contribution in [3.63, 3.8) is 0 Å². The van der Waals surface area contributed by atoms with Crippen LogP contribution in [0.5, 0.6) is 5.75 Å². The first-order valence-electron chi connectivity index (χ1n) is 10.1. The van der Waals surface area contributed by atoms with Gasteiger partial charge in [0, 0.05) is 23.1 Å². The summed E-state index contributed by atoms with van der Waals surface area (Å²) in [7, 11) is 0. The maximum Gasteiger partial charge on any atom is 0.416 e. The van der Waals surface area contributed by atoms with Gasteiger partial charge < -0.3 is 20.1 Å². The quantitative estimate of drug-likeness (QED) is 0.660. The van der Waals surface area contributed by atoms with E-state index in [9.17, 15) is 18.0 Å². The number of hydrogen-bond acceptors (Lipinski definition) is 6. The van der Waals surface area contributed by atoms with E-state index in [4.69, 9.17) is 15.2 Å². The number of ether oxygens (including phenoxy) is 2. The Kier molecular flexibility index (Phi) is 4.70. The van der Waals surface area contributed by atoms with E-state index in [1.54, 1.807) is 17.9 Å². The fraction of sp³-hybridized carbons (Fsp3) is 0.318. The van der Waals surface area contributed by atoms with Gasteiger partial charge in [-0.05, 0) is 30.7 Å². The fourth-order valence-corrected chi connectivity index (χ4v) is 4.27. The van der Waals surface area contributed by atoms with Gasteiger partial charge in [0.1, 0.15) is 23.9 Å². The lowest BCUT2D eigenvalue weighted by atomic mass is 10.0. The SMILES string of the molecule is CCN(C(=O)c1cc2c3c(c(N)nc2cn1)COC3)[C@@H]1COc2cc(C(F)(F)F)ccc21. The number of likely N-dealkylation sites (N-methyl/N-ethyl adjacent to an activating group) is 1. The van der Waals surface area contributed by atoms with E-state index in [1.807, 2.05) is 0 Å². The van der Waals surface area contributed by atoms with Crippen LogP contribution in [0, 0.1) is 0 Å². The lowest BCUT2D eigenvalue weighted by Gasteiger charge is -2.27. The summed E-state index contributed by atoms with van der Waals surface area (Å²) in [5.41, 5.74) is 8.23. The molecule has 0 bridgehead atoms. The number of rotatable bonds is 3. The van der Waals surface area contributed by atoms with Crippen molar-refractivity contribution in [1.29, 1.82) is 0 Å². The number of halogens is 3. The number of carbonyl (C=O) groups is 1. The second-order valence-corrected chi connectivity index (χ2v) is 7.70. The van der Waals surface area contributed by atoms with Gasteiger partial charge in [-0.1, -0.05) is 6.07 Å². The van der Waals surface area contributed by atoms with E-state index in [2.05, 4.69) is 9.97 Å². The number of anilines is 1. The smallest absolute Gasteiger partial charge is 0.416 e. The van der Waals surface area contributed by atoms with Crippen LogP contribution in [0.15, 0.2) is 30.5 Å². The average Bonchev–Trinajstić information content (AvgIpc) is 3.41. The van der Waals surface area contributed by atoms with Crippen LogP contribution < -0.4 is 10.5 Å². The van der Waals surface area contributed by atoms with E-state index in [0.29, 0.717) is 36.7 Å². The van der Waals surface area contributed by atoms with Crippen molar-refractivity contribution < 1.29 is 27.4 Å². The summed E-state index contributed by atoms with van der Waals surface area (Å²) in [5, 5.41) is 0.749. The number of hydrogen-bond donors (Lipinski definition) is 1. The molecule has 0 saturated heterocycles. The summed E-state index contributed by atoms with van der Waals surface area (Å²) in [6, 6.07) is 4.51. The molecule has 10 heteroatoms. The van der Waals surface area contributed by atoms with E-state index in [-0.39, 0.29) is 24.0 Å². The van der Waals surface area contributed by atoms with Gasteiger partial charge >= 0.3 is 6.18 Å². The van der Waals surface area contributed by atoms with Crippen molar-refractivity contribution in [2.45, 2.75) is 32.4 Å². The molecular formula is C22H19F3N4O3. The monoisotopic (exact) mass is 444 g/mol. The molecule has 2 N–H and O–H groups in total. The molecule has 1 aromatic carbocycles. The van der Waals surface area contributed by atoms with Crippen LogP contribution in [0.2, 0.25) is 0 Å². The molecule has 2 aromatic heterocycles.